The summed E-state index contributed by atoms with van der Waals surface area (Å²) < 4.78 is 24.5. The third kappa shape index (κ3) is 4.62. The van der Waals surface area contributed by atoms with Crippen molar-refractivity contribution >= 4 is 22.7 Å². The molecule has 16 heavy (non-hydrogen) atoms. The summed E-state index contributed by atoms with van der Waals surface area (Å²) >= 11 is -2.07. The standard InChI is InChI=1S/C9H11NO4S.K/c1-6(11)10-8-4-3-7(15(12)13)5-9(8)14-2;/h3-5H,1-2H3,(H,10,11)(H,12,13);/q;+1/p-1. The number of hydrogen-bond acceptors (Lipinski definition) is 4. The van der Waals surface area contributed by atoms with E-state index in [0.717, 1.165) is 0 Å². The molecular formula is C9H10KNO4S. The minimum atomic E-state index is -2.07. The van der Waals surface area contributed by atoms with Gasteiger partial charge in [-0.05, 0) is 25.0 Å². The zero-order valence-corrected chi connectivity index (χ0v) is 13.2. The van der Waals surface area contributed by atoms with Gasteiger partial charge < -0.3 is 14.4 Å². The van der Waals surface area contributed by atoms with Crippen molar-refractivity contribution in [2.75, 3.05) is 7.11 Å². The summed E-state index contributed by atoms with van der Waals surface area (Å²) in [5.41, 5.74) is 0.346. The van der Waals surface area contributed by atoms with Crippen molar-refractivity contribution < 1.29 is 70.0 Å². The maximum Gasteiger partial charge on any atom is 1.00 e. The Kier molecular flexibility index (Phi) is 7.65. The maximum atomic E-state index is 10.8. The van der Waals surface area contributed by atoms with E-state index in [2.05, 4.69) is 4.99 Å². The van der Waals surface area contributed by atoms with Crippen molar-refractivity contribution in [3.8, 4) is 5.75 Å². The van der Waals surface area contributed by atoms with E-state index in [9.17, 15) is 9.32 Å². The van der Waals surface area contributed by atoms with Gasteiger partial charge in [0.2, 0.25) is 0 Å². The molecule has 0 spiro atoms. The fraction of sp³-hybridized carbons (Fsp3) is 0.222. The third-order valence-electron chi connectivity index (χ3n) is 1.63. The largest absolute Gasteiger partial charge is 1.00 e. The van der Waals surface area contributed by atoms with Crippen LogP contribution >= 0.6 is 0 Å². The van der Waals surface area contributed by atoms with E-state index in [1.807, 2.05) is 0 Å². The Labute approximate surface area is 139 Å². The molecule has 1 rings (SSSR count). The molecule has 5 nitrogen and oxygen atoms in total. The van der Waals surface area contributed by atoms with Gasteiger partial charge >= 0.3 is 51.4 Å². The molecule has 1 atom stereocenters. The van der Waals surface area contributed by atoms with Gasteiger partial charge in [-0.15, -0.1) is 0 Å². The normalized spacial score (nSPS) is 12.8. The first-order chi connectivity index (χ1) is 7.04. The molecule has 0 aromatic heterocycles. The summed E-state index contributed by atoms with van der Waals surface area (Å²) in [6.07, 6.45) is 0. The van der Waals surface area contributed by atoms with Crippen LogP contribution in [-0.4, -0.2) is 21.8 Å². The average molecular weight is 267 g/mol. The molecule has 0 fully saturated rings. The molecule has 1 aromatic rings. The average Bonchev–Trinajstić information content (AvgIpc) is 2.17. The number of methoxy groups -OCH3 is 1. The molecule has 0 amide bonds. The van der Waals surface area contributed by atoms with E-state index >= 15 is 0 Å². The van der Waals surface area contributed by atoms with Crippen molar-refractivity contribution in [3.05, 3.63) is 18.2 Å². The van der Waals surface area contributed by atoms with Gasteiger partial charge in [0.1, 0.15) is 11.4 Å². The molecule has 1 unspecified atom stereocenters. The molecule has 0 aliphatic carbocycles. The Morgan fingerprint density at radius 3 is 2.62 bits per heavy atom. The minimum Gasteiger partial charge on any atom is -0.862 e. The number of rotatable bonds is 3. The van der Waals surface area contributed by atoms with E-state index in [1.165, 1.54) is 32.2 Å². The summed E-state index contributed by atoms with van der Waals surface area (Å²) in [6.45, 7) is 1.32. The predicted molar refractivity (Wildman–Crippen MR) is 54.8 cm³/mol. The third-order valence-corrected chi connectivity index (χ3v) is 2.29. The quantitative estimate of drug-likeness (QED) is 0.289. The Morgan fingerprint density at radius 1 is 1.56 bits per heavy atom. The first kappa shape index (κ1) is 16.2. The monoisotopic (exact) mass is 267 g/mol. The number of ether oxygens (including phenoxy) is 1. The van der Waals surface area contributed by atoms with E-state index < -0.39 is 11.1 Å². The Morgan fingerprint density at radius 2 is 2.19 bits per heavy atom. The summed E-state index contributed by atoms with van der Waals surface area (Å²) in [4.78, 5) is 3.89. The Hall–Kier alpha value is 0.236. The van der Waals surface area contributed by atoms with Gasteiger partial charge in [0.05, 0.1) is 12.0 Å². The molecule has 0 bridgehead atoms. The van der Waals surface area contributed by atoms with Crippen molar-refractivity contribution in [2.45, 2.75) is 11.8 Å². The number of benzene rings is 1. The van der Waals surface area contributed by atoms with E-state index in [1.54, 1.807) is 0 Å². The van der Waals surface area contributed by atoms with Gasteiger partial charge in [-0.2, -0.15) is 0 Å². The molecule has 0 aliphatic rings. The van der Waals surface area contributed by atoms with Crippen LogP contribution in [0.5, 0.6) is 5.75 Å². The maximum absolute atomic E-state index is 10.8. The van der Waals surface area contributed by atoms with E-state index in [4.69, 9.17) is 9.29 Å². The summed E-state index contributed by atoms with van der Waals surface area (Å²) in [5.74, 6) is -0.0590. The fourth-order valence-corrected chi connectivity index (χ4v) is 1.42. The van der Waals surface area contributed by atoms with E-state index in [0.29, 0.717) is 11.4 Å². The van der Waals surface area contributed by atoms with Gasteiger partial charge in [0.25, 0.3) is 0 Å². The molecule has 0 saturated carbocycles. The zero-order chi connectivity index (χ0) is 11.4. The van der Waals surface area contributed by atoms with Crippen molar-refractivity contribution in [2.24, 2.45) is 4.99 Å². The summed E-state index contributed by atoms with van der Waals surface area (Å²) in [7, 11) is 1.40. The zero-order valence-electron chi connectivity index (χ0n) is 9.26. The van der Waals surface area contributed by atoms with Crippen LogP contribution in [0.25, 0.3) is 0 Å². The molecule has 1 aromatic carbocycles. The Bertz CT molecular complexity index is 418. The van der Waals surface area contributed by atoms with E-state index in [-0.39, 0.29) is 62.2 Å². The van der Waals surface area contributed by atoms with Crippen LogP contribution in [0.1, 0.15) is 6.92 Å². The van der Waals surface area contributed by atoms with Crippen LogP contribution in [-0.2, 0) is 11.1 Å². The van der Waals surface area contributed by atoms with Gasteiger partial charge in [-0.1, -0.05) is 0 Å². The molecule has 0 heterocycles. The van der Waals surface area contributed by atoms with Crippen LogP contribution < -0.4 is 61.2 Å². The van der Waals surface area contributed by atoms with Crippen LogP contribution in [0.2, 0.25) is 0 Å². The van der Waals surface area contributed by atoms with Gasteiger partial charge in [-0.3, -0.25) is 4.99 Å². The van der Waals surface area contributed by atoms with Crippen LogP contribution in [0.3, 0.4) is 0 Å². The number of hydrogen-bond donors (Lipinski definition) is 1. The van der Waals surface area contributed by atoms with Gasteiger partial charge in [0, 0.05) is 6.07 Å². The van der Waals surface area contributed by atoms with Crippen LogP contribution in [0, 0.1) is 0 Å². The SMILES string of the molecule is COc1cc(S(=O)O)ccc1N=C(C)[O-].[K+]. The molecule has 82 valence electrons. The first-order valence-electron chi connectivity index (χ1n) is 4.06. The van der Waals surface area contributed by atoms with Crippen LogP contribution in [0.15, 0.2) is 28.1 Å². The molecule has 7 heteroatoms. The first-order valence-corrected chi connectivity index (χ1v) is 5.16. The second-order valence-electron chi connectivity index (χ2n) is 2.71. The van der Waals surface area contributed by atoms with Crippen molar-refractivity contribution in [3.63, 3.8) is 0 Å². The second-order valence-corrected chi connectivity index (χ2v) is 3.68. The molecular weight excluding hydrogens is 257 g/mol. The molecule has 0 aliphatic heterocycles. The molecule has 1 N–H and O–H groups in total. The van der Waals surface area contributed by atoms with Gasteiger partial charge in [0.15, 0.2) is 11.1 Å². The summed E-state index contributed by atoms with van der Waals surface area (Å²) in [5, 5.41) is 10.8. The Balaban J connectivity index is 0.00000225. The predicted octanol–water partition coefficient (Wildman–Crippen LogP) is -2.31. The molecule has 0 radical (unpaired) electrons. The number of aliphatic imine (C=N–C) groups is 1. The summed E-state index contributed by atoms with van der Waals surface area (Å²) in [6, 6.07) is 4.25. The van der Waals surface area contributed by atoms with Crippen LogP contribution in [0.4, 0.5) is 5.69 Å². The van der Waals surface area contributed by atoms with Gasteiger partial charge in [-0.25, -0.2) is 4.21 Å². The fourth-order valence-electron chi connectivity index (χ4n) is 1.03. The van der Waals surface area contributed by atoms with Crippen molar-refractivity contribution in [1.29, 1.82) is 0 Å². The second kappa shape index (κ2) is 7.54. The minimum absolute atomic E-state index is 0. The molecule has 0 saturated heterocycles. The topological polar surface area (TPSA) is 82.0 Å². The number of nitrogens with zero attached hydrogens (tertiary/aromatic N) is 1. The van der Waals surface area contributed by atoms with Crippen molar-refractivity contribution in [1.82, 2.24) is 0 Å². The smallest absolute Gasteiger partial charge is 0.862 e.